The van der Waals surface area contributed by atoms with Gasteiger partial charge in [0.15, 0.2) is 0 Å². The zero-order chi connectivity index (χ0) is 14.4. The fourth-order valence-corrected chi connectivity index (χ4v) is 11.8. The van der Waals surface area contributed by atoms with Gasteiger partial charge in [0.05, 0.1) is 0 Å². The Morgan fingerprint density at radius 2 is 1.68 bits per heavy atom. The second-order valence-electron chi connectivity index (χ2n) is 5.92. The van der Waals surface area contributed by atoms with Crippen molar-refractivity contribution in [1.82, 2.24) is 9.80 Å². The van der Waals surface area contributed by atoms with Gasteiger partial charge in [0.25, 0.3) is 0 Å². The molecular weight excluding hydrogens is 335 g/mol. The van der Waals surface area contributed by atoms with Crippen LogP contribution in [-0.4, -0.2) is 59.4 Å². The van der Waals surface area contributed by atoms with Crippen LogP contribution in [-0.2, 0) is 0 Å². The molecule has 0 saturated carbocycles. The zero-order valence-electron chi connectivity index (χ0n) is 13.5. The average molecular weight is 364 g/mol. The molecule has 106 valence electrons. The summed E-state index contributed by atoms with van der Waals surface area (Å²) in [6.45, 7) is 4.81. The van der Waals surface area contributed by atoms with E-state index in [1.54, 1.807) is 11.1 Å². The molecule has 0 amide bonds. The number of nitrogens with zero attached hydrogens (tertiary/aromatic N) is 2. The third-order valence-electron chi connectivity index (χ3n) is 3.77. The van der Waals surface area contributed by atoms with Gasteiger partial charge in [-0.05, 0) is 0 Å². The molecule has 1 rings (SSSR count). The molecule has 0 aromatic carbocycles. The van der Waals surface area contributed by atoms with Crippen molar-refractivity contribution in [3.05, 3.63) is 35.7 Å². The van der Waals surface area contributed by atoms with E-state index in [-0.39, 0.29) is 0 Å². The monoisotopic (exact) mass is 364 g/mol. The Morgan fingerprint density at radius 1 is 1.11 bits per heavy atom. The second kappa shape index (κ2) is 8.08. The minimum absolute atomic E-state index is 0.784. The van der Waals surface area contributed by atoms with Gasteiger partial charge in [0, 0.05) is 0 Å². The Hall–Kier alpha value is -0.310. The molecule has 1 aliphatic rings. The van der Waals surface area contributed by atoms with E-state index in [9.17, 15) is 0 Å². The minimum atomic E-state index is -1.51. The molecule has 1 atom stereocenters. The predicted octanol–water partition coefficient (Wildman–Crippen LogP) is 3.74. The molecule has 19 heavy (non-hydrogen) atoms. The van der Waals surface area contributed by atoms with E-state index in [0.29, 0.717) is 0 Å². The number of allylic oxidation sites excluding steroid dienone is 4. The van der Waals surface area contributed by atoms with Gasteiger partial charge in [-0.2, -0.15) is 0 Å². The second-order valence-corrected chi connectivity index (χ2v) is 16.8. The van der Waals surface area contributed by atoms with Crippen LogP contribution in [0.2, 0.25) is 12.0 Å². The van der Waals surface area contributed by atoms with Crippen molar-refractivity contribution >= 4 is 21.4 Å². The van der Waals surface area contributed by atoms with Gasteiger partial charge in [-0.25, -0.2) is 0 Å². The Kier molecular flexibility index (Phi) is 7.12. The van der Waals surface area contributed by atoms with Crippen LogP contribution in [0.15, 0.2) is 35.7 Å². The molecule has 0 aliphatic heterocycles. The van der Waals surface area contributed by atoms with E-state index in [2.05, 4.69) is 76.4 Å². The summed E-state index contributed by atoms with van der Waals surface area (Å²) in [5.41, 5.74) is 3.19. The van der Waals surface area contributed by atoms with Crippen LogP contribution in [0, 0.1) is 0 Å². The Balaban J connectivity index is 3.17. The first-order valence-electron chi connectivity index (χ1n) is 7.41. The van der Waals surface area contributed by atoms with Crippen molar-refractivity contribution in [3.63, 3.8) is 0 Å². The molecule has 0 heterocycles. The van der Waals surface area contributed by atoms with Gasteiger partial charge in [-0.15, -0.1) is 0 Å². The normalized spacial score (nSPS) is 22.9. The van der Waals surface area contributed by atoms with E-state index < -0.39 is 21.4 Å². The summed E-state index contributed by atoms with van der Waals surface area (Å²) < 4.78 is 3.69. The molecule has 0 radical (unpaired) electrons. The van der Waals surface area contributed by atoms with Crippen LogP contribution in [0.25, 0.3) is 0 Å². The SMILES string of the molecule is C[CH2][In]([CH2]C)[CH]1/C(=C\N(C)C)C=CC/C1=C\N(C)C. The standard InChI is InChI=1S/C12H19N2.2C2H5.In/c1-13(2)9-11-6-5-7-12(8-11)10-14(3)4;2*1-2;/h5-6,8-10H,7H2,1-4H3;2*1H2,2H3;/b11-9-,12-10+;;;. The third-order valence-corrected chi connectivity index (χ3v) is 14.8. The summed E-state index contributed by atoms with van der Waals surface area (Å²) in [6, 6.07) is 0. The molecule has 0 fully saturated rings. The molecule has 1 aliphatic carbocycles. The summed E-state index contributed by atoms with van der Waals surface area (Å²) in [5.74, 6) is 0. The Morgan fingerprint density at radius 3 is 2.16 bits per heavy atom. The molecule has 2 nitrogen and oxygen atoms in total. The van der Waals surface area contributed by atoms with Gasteiger partial charge < -0.3 is 0 Å². The van der Waals surface area contributed by atoms with Crippen LogP contribution >= 0.6 is 0 Å². The number of hydrogen-bond donors (Lipinski definition) is 0. The predicted molar refractivity (Wildman–Crippen MR) is 87.8 cm³/mol. The first-order chi connectivity index (χ1) is 8.99. The summed E-state index contributed by atoms with van der Waals surface area (Å²) in [6.07, 6.45) is 10.5. The first-order valence-corrected chi connectivity index (χ1v) is 14.0. The molecule has 3 heteroatoms. The van der Waals surface area contributed by atoms with E-state index in [1.165, 1.54) is 8.35 Å². The maximum absolute atomic E-state index is 2.41. The first kappa shape index (κ1) is 16.7. The van der Waals surface area contributed by atoms with Crippen LogP contribution < -0.4 is 0 Å². The summed E-state index contributed by atoms with van der Waals surface area (Å²) in [7, 11) is 8.54. The summed E-state index contributed by atoms with van der Waals surface area (Å²) in [4.78, 5) is 4.41. The summed E-state index contributed by atoms with van der Waals surface area (Å²) >= 11 is -1.51. The van der Waals surface area contributed by atoms with Crippen molar-refractivity contribution in [2.24, 2.45) is 0 Å². The van der Waals surface area contributed by atoms with Gasteiger partial charge in [0.1, 0.15) is 0 Å². The quantitative estimate of drug-likeness (QED) is 0.733. The molecule has 0 spiro atoms. The van der Waals surface area contributed by atoms with Gasteiger partial charge >= 0.3 is 127 Å². The van der Waals surface area contributed by atoms with Crippen LogP contribution in [0.4, 0.5) is 0 Å². The third kappa shape index (κ3) is 4.94. The van der Waals surface area contributed by atoms with Gasteiger partial charge in [-0.3, -0.25) is 0 Å². The maximum atomic E-state index is 2.41. The van der Waals surface area contributed by atoms with E-state index in [1.807, 2.05) is 0 Å². The van der Waals surface area contributed by atoms with Crippen LogP contribution in [0.1, 0.15) is 20.3 Å². The number of rotatable bonds is 5. The van der Waals surface area contributed by atoms with E-state index in [4.69, 9.17) is 0 Å². The van der Waals surface area contributed by atoms with Gasteiger partial charge in [-0.1, -0.05) is 0 Å². The van der Waals surface area contributed by atoms with E-state index >= 15 is 0 Å². The Labute approximate surface area is 127 Å². The average Bonchev–Trinajstić information content (AvgIpc) is 2.32. The fraction of sp³-hybridized carbons (Fsp3) is 0.625. The van der Waals surface area contributed by atoms with Crippen molar-refractivity contribution in [2.45, 2.75) is 32.3 Å². The molecular formula is C16H29InN2. The molecule has 0 aromatic heterocycles. The molecule has 0 bridgehead atoms. The van der Waals surface area contributed by atoms with Gasteiger partial charge in [0.2, 0.25) is 0 Å². The molecule has 0 aromatic rings. The van der Waals surface area contributed by atoms with Crippen LogP contribution in [0.5, 0.6) is 0 Å². The molecule has 0 N–H and O–H groups in total. The van der Waals surface area contributed by atoms with E-state index in [0.717, 1.165) is 10.1 Å². The van der Waals surface area contributed by atoms with Crippen molar-refractivity contribution in [1.29, 1.82) is 0 Å². The molecule has 1 unspecified atom stereocenters. The number of hydrogen-bond acceptors (Lipinski definition) is 2. The Bertz CT molecular complexity index is 363. The van der Waals surface area contributed by atoms with Crippen molar-refractivity contribution < 1.29 is 0 Å². The molecule has 0 saturated heterocycles. The zero-order valence-corrected chi connectivity index (χ0v) is 16.8. The van der Waals surface area contributed by atoms with Crippen molar-refractivity contribution in [2.75, 3.05) is 28.2 Å². The van der Waals surface area contributed by atoms with Crippen molar-refractivity contribution in [3.8, 4) is 0 Å². The summed E-state index contributed by atoms with van der Waals surface area (Å²) in [5, 5.41) is 0. The van der Waals surface area contributed by atoms with Crippen LogP contribution in [0.3, 0.4) is 0 Å². The topological polar surface area (TPSA) is 6.48 Å². The fourth-order valence-electron chi connectivity index (χ4n) is 3.00.